The molecular weight excluding hydrogens is 276 g/mol. The Morgan fingerprint density at radius 2 is 2.30 bits per heavy atom. The number of hydrogen-bond acceptors (Lipinski definition) is 4. The van der Waals surface area contributed by atoms with Crippen LogP contribution in [0.5, 0.6) is 0 Å². The van der Waals surface area contributed by atoms with E-state index in [0.29, 0.717) is 18.8 Å². The number of rotatable bonds is 5. The van der Waals surface area contributed by atoms with E-state index in [-0.39, 0.29) is 10.6 Å². The molecule has 2 heterocycles. The number of hydrogen-bond donors (Lipinski definition) is 1. The van der Waals surface area contributed by atoms with Crippen molar-refractivity contribution >= 4 is 17.3 Å². The largest absolute Gasteiger partial charge is 0.378 e. The Morgan fingerprint density at radius 1 is 1.50 bits per heavy atom. The molecule has 0 unspecified atom stereocenters. The number of allylic oxidation sites excluding steroid dienone is 1. The SMILES string of the molecule is C=CCn1ncc(NCc2ccncc2C)c(Cl)c1=O. The van der Waals surface area contributed by atoms with Gasteiger partial charge in [0.05, 0.1) is 18.4 Å². The van der Waals surface area contributed by atoms with Crippen LogP contribution in [0.25, 0.3) is 0 Å². The summed E-state index contributed by atoms with van der Waals surface area (Å²) in [6, 6.07) is 1.92. The first kappa shape index (κ1) is 14.3. The second-order valence-corrected chi connectivity index (χ2v) is 4.68. The molecule has 2 aromatic rings. The van der Waals surface area contributed by atoms with Gasteiger partial charge in [-0.15, -0.1) is 6.58 Å². The number of nitrogens with one attached hydrogen (secondary N) is 1. The zero-order valence-corrected chi connectivity index (χ0v) is 11.9. The highest BCUT2D eigenvalue weighted by molar-refractivity contribution is 6.32. The van der Waals surface area contributed by atoms with Gasteiger partial charge in [-0.3, -0.25) is 9.78 Å². The van der Waals surface area contributed by atoms with Crippen LogP contribution in [0.1, 0.15) is 11.1 Å². The number of halogens is 1. The maximum absolute atomic E-state index is 11.9. The van der Waals surface area contributed by atoms with E-state index < -0.39 is 0 Å². The van der Waals surface area contributed by atoms with Crippen molar-refractivity contribution in [3.05, 3.63) is 63.8 Å². The molecule has 0 aliphatic carbocycles. The highest BCUT2D eigenvalue weighted by Gasteiger charge is 2.08. The van der Waals surface area contributed by atoms with E-state index in [0.717, 1.165) is 11.1 Å². The third kappa shape index (κ3) is 3.05. The van der Waals surface area contributed by atoms with E-state index in [9.17, 15) is 4.79 Å². The summed E-state index contributed by atoms with van der Waals surface area (Å²) in [6.45, 7) is 6.44. The second-order valence-electron chi connectivity index (χ2n) is 4.30. The normalized spacial score (nSPS) is 10.3. The minimum absolute atomic E-state index is 0.133. The molecule has 1 N–H and O–H groups in total. The number of pyridine rings is 1. The van der Waals surface area contributed by atoms with Crippen molar-refractivity contribution in [2.75, 3.05) is 5.32 Å². The van der Waals surface area contributed by atoms with Gasteiger partial charge in [0.15, 0.2) is 0 Å². The predicted molar refractivity (Wildman–Crippen MR) is 80.0 cm³/mol. The fourth-order valence-electron chi connectivity index (χ4n) is 1.73. The maximum Gasteiger partial charge on any atom is 0.287 e. The lowest BCUT2D eigenvalue weighted by Crippen LogP contribution is -2.23. The number of nitrogens with zero attached hydrogens (tertiary/aromatic N) is 3. The molecule has 5 nitrogen and oxygen atoms in total. The fraction of sp³-hybridized carbons (Fsp3) is 0.214. The fourth-order valence-corrected chi connectivity index (χ4v) is 1.94. The van der Waals surface area contributed by atoms with Crippen molar-refractivity contribution < 1.29 is 0 Å². The molecule has 0 bridgehead atoms. The summed E-state index contributed by atoms with van der Waals surface area (Å²) in [7, 11) is 0. The van der Waals surface area contributed by atoms with Crippen molar-refractivity contribution in [1.29, 1.82) is 0 Å². The first-order valence-electron chi connectivity index (χ1n) is 6.13. The van der Waals surface area contributed by atoms with Gasteiger partial charge in [-0.1, -0.05) is 17.7 Å². The van der Waals surface area contributed by atoms with Crippen LogP contribution in [0.3, 0.4) is 0 Å². The van der Waals surface area contributed by atoms with Crippen molar-refractivity contribution in [2.24, 2.45) is 0 Å². The van der Waals surface area contributed by atoms with Gasteiger partial charge in [-0.05, 0) is 24.1 Å². The Hall–Kier alpha value is -2.14. The molecule has 20 heavy (non-hydrogen) atoms. The average Bonchev–Trinajstić information content (AvgIpc) is 2.45. The molecule has 0 spiro atoms. The lowest BCUT2D eigenvalue weighted by molar-refractivity contribution is 0.653. The highest BCUT2D eigenvalue weighted by Crippen LogP contribution is 2.17. The van der Waals surface area contributed by atoms with Crippen LogP contribution >= 0.6 is 11.6 Å². The van der Waals surface area contributed by atoms with Crippen LogP contribution in [-0.2, 0) is 13.1 Å². The summed E-state index contributed by atoms with van der Waals surface area (Å²) in [5, 5.41) is 7.29. The maximum atomic E-state index is 11.9. The molecule has 0 amide bonds. The van der Waals surface area contributed by atoms with Gasteiger partial charge in [0, 0.05) is 18.9 Å². The Balaban J connectivity index is 2.19. The Kier molecular flexibility index (Phi) is 4.53. The van der Waals surface area contributed by atoms with Crippen LogP contribution in [0, 0.1) is 6.92 Å². The Morgan fingerprint density at radius 3 is 3.00 bits per heavy atom. The summed E-state index contributed by atoms with van der Waals surface area (Å²) >= 11 is 6.06. The van der Waals surface area contributed by atoms with Gasteiger partial charge in [-0.25, -0.2) is 4.68 Å². The van der Waals surface area contributed by atoms with Crippen LogP contribution in [0.2, 0.25) is 5.02 Å². The summed E-state index contributed by atoms with van der Waals surface area (Å²) in [4.78, 5) is 16.0. The van der Waals surface area contributed by atoms with E-state index in [4.69, 9.17) is 11.6 Å². The summed E-state index contributed by atoms with van der Waals surface area (Å²) < 4.78 is 1.26. The molecule has 0 saturated heterocycles. The zero-order chi connectivity index (χ0) is 14.5. The minimum Gasteiger partial charge on any atom is -0.378 e. The molecule has 0 atom stereocenters. The lowest BCUT2D eigenvalue weighted by Gasteiger charge is -2.10. The van der Waals surface area contributed by atoms with Gasteiger partial charge in [0.2, 0.25) is 0 Å². The molecule has 2 rings (SSSR count). The standard InChI is InChI=1S/C14H15ClN4O/c1-3-6-19-14(20)13(15)12(9-18-19)17-8-11-4-5-16-7-10(11)2/h3-5,7,9,17H,1,6,8H2,2H3. The van der Waals surface area contributed by atoms with E-state index in [1.165, 1.54) is 4.68 Å². The smallest absolute Gasteiger partial charge is 0.287 e. The van der Waals surface area contributed by atoms with Crippen LogP contribution in [0.4, 0.5) is 5.69 Å². The molecular formula is C14H15ClN4O. The first-order valence-corrected chi connectivity index (χ1v) is 6.51. The monoisotopic (exact) mass is 290 g/mol. The molecule has 0 aliphatic heterocycles. The molecule has 104 valence electrons. The van der Waals surface area contributed by atoms with Gasteiger partial charge < -0.3 is 5.32 Å². The molecule has 0 fully saturated rings. The van der Waals surface area contributed by atoms with E-state index >= 15 is 0 Å². The molecule has 0 aromatic carbocycles. The second kappa shape index (κ2) is 6.34. The van der Waals surface area contributed by atoms with Crippen molar-refractivity contribution in [3.63, 3.8) is 0 Å². The topological polar surface area (TPSA) is 59.8 Å². The molecule has 0 aliphatic rings. The average molecular weight is 291 g/mol. The van der Waals surface area contributed by atoms with E-state index in [1.807, 2.05) is 13.0 Å². The third-order valence-corrected chi connectivity index (χ3v) is 3.26. The quantitative estimate of drug-likeness (QED) is 0.859. The molecule has 0 radical (unpaired) electrons. The highest BCUT2D eigenvalue weighted by atomic mass is 35.5. The lowest BCUT2D eigenvalue weighted by atomic mass is 10.1. The number of aromatic nitrogens is 3. The van der Waals surface area contributed by atoms with Crippen LogP contribution in [0.15, 0.2) is 42.1 Å². The van der Waals surface area contributed by atoms with Crippen LogP contribution < -0.4 is 10.9 Å². The van der Waals surface area contributed by atoms with Gasteiger partial charge >= 0.3 is 0 Å². The number of aryl methyl sites for hydroxylation is 1. The summed E-state index contributed by atoms with van der Waals surface area (Å²) in [6.07, 6.45) is 6.66. The summed E-state index contributed by atoms with van der Waals surface area (Å²) in [5.74, 6) is 0. The predicted octanol–water partition coefficient (Wildman–Crippen LogP) is 2.40. The summed E-state index contributed by atoms with van der Waals surface area (Å²) in [5.41, 5.74) is 2.35. The zero-order valence-electron chi connectivity index (χ0n) is 11.1. The molecule has 0 saturated carbocycles. The van der Waals surface area contributed by atoms with Crippen molar-refractivity contribution in [1.82, 2.24) is 14.8 Å². The Labute approximate surface area is 121 Å². The molecule has 6 heteroatoms. The van der Waals surface area contributed by atoms with E-state index in [2.05, 4.69) is 22.0 Å². The van der Waals surface area contributed by atoms with Crippen molar-refractivity contribution in [2.45, 2.75) is 20.0 Å². The Bertz CT molecular complexity index is 681. The number of anilines is 1. The van der Waals surface area contributed by atoms with E-state index in [1.54, 1.807) is 24.7 Å². The first-order chi connectivity index (χ1) is 9.63. The van der Waals surface area contributed by atoms with Crippen LogP contribution in [-0.4, -0.2) is 14.8 Å². The minimum atomic E-state index is -0.331. The van der Waals surface area contributed by atoms with Crippen molar-refractivity contribution in [3.8, 4) is 0 Å². The van der Waals surface area contributed by atoms with Gasteiger partial charge in [0.1, 0.15) is 5.02 Å². The third-order valence-electron chi connectivity index (χ3n) is 2.89. The van der Waals surface area contributed by atoms with Gasteiger partial charge in [0.25, 0.3) is 5.56 Å². The molecule has 2 aromatic heterocycles. The van der Waals surface area contributed by atoms with Gasteiger partial charge in [-0.2, -0.15) is 5.10 Å².